The number of aryl methyl sites for hydroxylation is 1. The van der Waals surface area contributed by atoms with E-state index in [-0.39, 0.29) is 11.8 Å². The van der Waals surface area contributed by atoms with Gasteiger partial charge in [-0.15, -0.1) is 11.8 Å². The molecule has 0 bridgehead atoms. The molecule has 1 fully saturated rings. The van der Waals surface area contributed by atoms with Gasteiger partial charge >= 0.3 is 0 Å². The van der Waals surface area contributed by atoms with E-state index in [9.17, 15) is 9.59 Å². The molecule has 5 nitrogen and oxygen atoms in total. The normalized spacial score (nSPS) is 15.6. The minimum Gasteiger partial charge on any atom is -0.339 e. The van der Waals surface area contributed by atoms with Crippen LogP contribution >= 0.6 is 11.8 Å². The predicted octanol–water partition coefficient (Wildman–Crippen LogP) is 1.44. The minimum absolute atomic E-state index is 0.0678. The van der Waals surface area contributed by atoms with Gasteiger partial charge in [-0.3, -0.25) is 9.59 Å². The zero-order valence-electron chi connectivity index (χ0n) is 13.2. The largest absolute Gasteiger partial charge is 0.339 e. The lowest BCUT2D eigenvalue weighted by atomic mass is 10.2. The fraction of sp³-hybridized carbons (Fsp3) is 0.500. The number of nitrogens with one attached hydrogen (secondary N) is 1. The quantitative estimate of drug-likeness (QED) is 0.892. The van der Waals surface area contributed by atoms with Crippen molar-refractivity contribution in [3.8, 4) is 0 Å². The second kappa shape index (κ2) is 8.19. The molecule has 0 aliphatic carbocycles. The Bertz CT molecular complexity index is 528. The second-order valence-corrected chi connectivity index (χ2v) is 6.58. The number of benzene rings is 1. The van der Waals surface area contributed by atoms with Crippen molar-refractivity contribution in [3.05, 3.63) is 29.8 Å². The highest BCUT2D eigenvalue weighted by molar-refractivity contribution is 8.00. The molecule has 0 spiro atoms. The van der Waals surface area contributed by atoms with E-state index in [0.717, 1.165) is 37.4 Å². The number of hydrogen-bond donors (Lipinski definition) is 1. The Morgan fingerprint density at radius 2 is 1.91 bits per heavy atom. The van der Waals surface area contributed by atoms with Crippen molar-refractivity contribution in [2.75, 3.05) is 50.0 Å². The van der Waals surface area contributed by atoms with Crippen molar-refractivity contribution < 1.29 is 9.59 Å². The van der Waals surface area contributed by atoms with Crippen LogP contribution in [0.4, 0.5) is 5.69 Å². The van der Waals surface area contributed by atoms with Crippen LogP contribution in [-0.4, -0.2) is 66.3 Å². The van der Waals surface area contributed by atoms with E-state index >= 15 is 0 Å². The van der Waals surface area contributed by atoms with Crippen LogP contribution in [0.3, 0.4) is 0 Å². The number of nitrogens with zero attached hydrogens (tertiary/aromatic N) is 2. The maximum atomic E-state index is 12.0. The number of likely N-dealkylation sites (N-methyl/N-ethyl adjacent to an activating group) is 1. The number of rotatable bonds is 5. The maximum absolute atomic E-state index is 12.0. The highest BCUT2D eigenvalue weighted by atomic mass is 32.2. The number of amides is 2. The van der Waals surface area contributed by atoms with Gasteiger partial charge in [0.05, 0.1) is 11.5 Å². The van der Waals surface area contributed by atoms with E-state index in [1.165, 1.54) is 11.8 Å². The van der Waals surface area contributed by atoms with E-state index in [1.54, 1.807) is 0 Å². The molecule has 1 aliphatic heterocycles. The fourth-order valence-corrected chi connectivity index (χ4v) is 3.01. The Hall–Kier alpha value is -1.53. The number of anilines is 1. The van der Waals surface area contributed by atoms with E-state index in [1.807, 2.05) is 36.1 Å². The van der Waals surface area contributed by atoms with Gasteiger partial charge in [-0.05, 0) is 31.7 Å². The van der Waals surface area contributed by atoms with Gasteiger partial charge in [-0.2, -0.15) is 0 Å². The highest BCUT2D eigenvalue weighted by Gasteiger charge is 2.18. The summed E-state index contributed by atoms with van der Waals surface area (Å²) in [5, 5.41) is 2.85. The van der Waals surface area contributed by atoms with Gasteiger partial charge in [0, 0.05) is 31.9 Å². The molecular weight excluding hydrogens is 298 g/mol. The Labute approximate surface area is 136 Å². The van der Waals surface area contributed by atoms with Crippen molar-refractivity contribution in [2.45, 2.75) is 6.92 Å². The van der Waals surface area contributed by atoms with Gasteiger partial charge in [0.15, 0.2) is 0 Å². The molecular formula is C16H23N3O2S. The van der Waals surface area contributed by atoms with Gasteiger partial charge in [0.1, 0.15) is 0 Å². The first kappa shape index (κ1) is 16.8. The summed E-state index contributed by atoms with van der Waals surface area (Å²) in [6.07, 6.45) is 0. The molecule has 0 unspecified atom stereocenters. The molecule has 1 aliphatic rings. The lowest BCUT2D eigenvalue weighted by molar-refractivity contribution is -0.129. The Kier molecular flexibility index (Phi) is 6.27. The summed E-state index contributed by atoms with van der Waals surface area (Å²) < 4.78 is 0. The third-order valence-electron chi connectivity index (χ3n) is 3.62. The number of carbonyl (C=O) groups is 2. The zero-order chi connectivity index (χ0) is 15.9. The molecule has 1 aromatic rings. The summed E-state index contributed by atoms with van der Waals surface area (Å²) in [5.74, 6) is 0.724. The molecule has 1 aromatic carbocycles. The number of piperazine rings is 1. The van der Waals surface area contributed by atoms with Crippen LogP contribution < -0.4 is 5.32 Å². The van der Waals surface area contributed by atoms with Crippen molar-refractivity contribution in [2.24, 2.45) is 0 Å². The van der Waals surface area contributed by atoms with E-state index in [4.69, 9.17) is 0 Å². The second-order valence-electron chi connectivity index (χ2n) is 5.59. The monoisotopic (exact) mass is 321 g/mol. The topological polar surface area (TPSA) is 52.7 Å². The molecule has 120 valence electrons. The fourth-order valence-electron chi connectivity index (χ4n) is 2.30. The summed E-state index contributed by atoms with van der Waals surface area (Å²) in [4.78, 5) is 28.0. The first-order chi connectivity index (χ1) is 10.5. The molecule has 0 aromatic heterocycles. The third-order valence-corrected chi connectivity index (χ3v) is 4.53. The summed E-state index contributed by atoms with van der Waals surface area (Å²) in [7, 11) is 2.06. The smallest absolute Gasteiger partial charge is 0.234 e. The number of hydrogen-bond acceptors (Lipinski definition) is 4. The maximum Gasteiger partial charge on any atom is 0.234 e. The summed E-state index contributed by atoms with van der Waals surface area (Å²) >= 11 is 1.37. The molecule has 1 N–H and O–H groups in total. The summed E-state index contributed by atoms with van der Waals surface area (Å²) in [6, 6.07) is 7.69. The highest BCUT2D eigenvalue weighted by Crippen LogP contribution is 2.11. The van der Waals surface area contributed by atoms with E-state index in [0.29, 0.717) is 11.5 Å². The first-order valence-corrected chi connectivity index (χ1v) is 8.60. The van der Waals surface area contributed by atoms with Crippen LogP contribution in [0.1, 0.15) is 5.56 Å². The molecule has 22 heavy (non-hydrogen) atoms. The van der Waals surface area contributed by atoms with Crippen LogP contribution in [0.25, 0.3) is 0 Å². The van der Waals surface area contributed by atoms with E-state index < -0.39 is 0 Å². The standard InChI is InChI=1S/C16H23N3O2S/c1-13-4-3-5-14(10-13)17-15(20)11-22-12-16(21)19-8-6-18(2)7-9-19/h3-5,10H,6-9,11-12H2,1-2H3,(H,17,20). The van der Waals surface area contributed by atoms with Gasteiger partial charge < -0.3 is 15.1 Å². The van der Waals surface area contributed by atoms with Gasteiger partial charge in [0.25, 0.3) is 0 Å². The van der Waals surface area contributed by atoms with Gasteiger partial charge in [0.2, 0.25) is 11.8 Å². The summed E-state index contributed by atoms with van der Waals surface area (Å²) in [6.45, 7) is 5.39. The SMILES string of the molecule is Cc1cccc(NC(=O)CSCC(=O)N2CCN(C)CC2)c1. The molecule has 2 amide bonds. The first-order valence-electron chi connectivity index (χ1n) is 7.45. The lowest BCUT2D eigenvalue weighted by Crippen LogP contribution is -2.47. The molecule has 2 rings (SSSR count). The van der Waals surface area contributed by atoms with Crippen molar-refractivity contribution in [1.29, 1.82) is 0 Å². The predicted molar refractivity (Wildman–Crippen MR) is 91.2 cm³/mol. The zero-order valence-corrected chi connectivity index (χ0v) is 14.0. The van der Waals surface area contributed by atoms with E-state index in [2.05, 4.69) is 17.3 Å². The molecule has 0 atom stereocenters. The Morgan fingerprint density at radius 3 is 2.59 bits per heavy atom. The van der Waals surface area contributed by atoms with Crippen LogP contribution in [0.2, 0.25) is 0 Å². The molecule has 1 heterocycles. The molecule has 6 heteroatoms. The number of carbonyl (C=O) groups excluding carboxylic acids is 2. The van der Waals surface area contributed by atoms with Crippen LogP contribution in [0.15, 0.2) is 24.3 Å². The van der Waals surface area contributed by atoms with Gasteiger partial charge in [-0.25, -0.2) is 0 Å². The lowest BCUT2D eigenvalue weighted by Gasteiger charge is -2.32. The molecule has 0 radical (unpaired) electrons. The van der Waals surface area contributed by atoms with Crippen molar-refractivity contribution in [1.82, 2.24) is 9.80 Å². The van der Waals surface area contributed by atoms with Crippen LogP contribution in [-0.2, 0) is 9.59 Å². The van der Waals surface area contributed by atoms with Crippen LogP contribution in [0, 0.1) is 6.92 Å². The van der Waals surface area contributed by atoms with Crippen molar-refractivity contribution in [3.63, 3.8) is 0 Å². The minimum atomic E-state index is -0.0678. The average molecular weight is 321 g/mol. The number of thioether (sulfide) groups is 1. The summed E-state index contributed by atoms with van der Waals surface area (Å²) in [5.41, 5.74) is 1.91. The average Bonchev–Trinajstić information content (AvgIpc) is 2.47. The Balaban J connectivity index is 1.67. The van der Waals surface area contributed by atoms with Gasteiger partial charge in [-0.1, -0.05) is 12.1 Å². The molecule has 1 saturated heterocycles. The Morgan fingerprint density at radius 1 is 1.18 bits per heavy atom. The van der Waals surface area contributed by atoms with Crippen molar-refractivity contribution >= 4 is 29.3 Å². The van der Waals surface area contributed by atoms with Crippen LogP contribution in [0.5, 0.6) is 0 Å². The third kappa shape index (κ3) is 5.35. The molecule has 0 saturated carbocycles.